The smallest absolute Gasteiger partial charge is 0.412 e. The molecule has 0 radical (unpaired) electrons. The minimum atomic E-state index is -1.01. The van der Waals surface area contributed by atoms with Crippen LogP contribution in [0.1, 0.15) is 6.42 Å². The van der Waals surface area contributed by atoms with E-state index >= 15 is 0 Å². The van der Waals surface area contributed by atoms with Gasteiger partial charge in [-0.2, -0.15) is 0 Å². The van der Waals surface area contributed by atoms with Gasteiger partial charge in [-0.15, -0.1) is 0 Å². The molecule has 0 bridgehead atoms. The zero-order valence-corrected chi connectivity index (χ0v) is 4.22. The Kier molecular flexibility index (Phi) is 0.932. The molecule has 1 amide bonds. The maximum absolute atomic E-state index is 9.98. The highest BCUT2D eigenvalue weighted by molar-refractivity contribution is 5.97. The van der Waals surface area contributed by atoms with Crippen LogP contribution in [0.4, 0.5) is 4.79 Å². The number of hydrogen-bond donors (Lipinski definition) is 2. The van der Waals surface area contributed by atoms with Crippen molar-refractivity contribution in [1.29, 1.82) is 5.41 Å². The zero-order valence-electron chi connectivity index (χ0n) is 4.22. The van der Waals surface area contributed by atoms with Crippen LogP contribution in [0.25, 0.3) is 0 Å². The normalized spacial score (nSPS) is 18.0. The van der Waals surface area contributed by atoms with E-state index in [9.17, 15) is 4.79 Å². The van der Waals surface area contributed by atoms with Gasteiger partial charge in [-0.05, 0) is 0 Å². The summed E-state index contributed by atoms with van der Waals surface area (Å²) in [6, 6.07) is 0. The molecule has 1 aliphatic heterocycles. The third-order valence-corrected chi connectivity index (χ3v) is 1.13. The summed E-state index contributed by atoms with van der Waals surface area (Å²) in [6.07, 6.45) is -0.409. The molecule has 2 N–H and O–H groups in total. The predicted octanol–water partition coefficient (Wildman–Crippen LogP) is 0.347. The Morgan fingerprint density at radius 1 is 1.88 bits per heavy atom. The van der Waals surface area contributed by atoms with Gasteiger partial charge in [0, 0.05) is 13.0 Å². The van der Waals surface area contributed by atoms with Gasteiger partial charge in [0.15, 0.2) is 0 Å². The van der Waals surface area contributed by atoms with Crippen molar-refractivity contribution in [3.05, 3.63) is 0 Å². The standard InChI is InChI=1S/C4H6N2O2/c5-3-1-2-6(3)4(7)8/h5H,1-2H2,(H,7,8). The number of rotatable bonds is 0. The topological polar surface area (TPSA) is 64.4 Å². The average Bonchev–Trinajstić information content (AvgIpc) is 1.61. The highest BCUT2D eigenvalue weighted by Crippen LogP contribution is 2.07. The van der Waals surface area contributed by atoms with E-state index in [1.165, 1.54) is 0 Å². The van der Waals surface area contributed by atoms with Crippen LogP contribution >= 0.6 is 0 Å². The molecule has 1 saturated heterocycles. The molecule has 1 rings (SSSR count). The third-order valence-electron chi connectivity index (χ3n) is 1.13. The number of amidine groups is 1. The molecular weight excluding hydrogens is 108 g/mol. The van der Waals surface area contributed by atoms with Crippen LogP contribution in [-0.2, 0) is 0 Å². The van der Waals surface area contributed by atoms with Crippen molar-refractivity contribution in [2.75, 3.05) is 6.54 Å². The second-order valence-corrected chi connectivity index (χ2v) is 1.63. The van der Waals surface area contributed by atoms with Gasteiger partial charge in [-0.25, -0.2) is 4.79 Å². The van der Waals surface area contributed by atoms with Crippen molar-refractivity contribution in [2.24, 2.45) is 0 Å². The average molecular weight is 114 g/mol. The van der Waals surface area contributed by atoms with Gasteiger partial charge in [0.2, 0.25) is 0 Å². The van der Waals surface area contributed by atoms with Crippen LogP contribution in [-0.4, -0.2) is 28.5 Å². The van der Waals surface area contributed by atoms with E-state index in [1.54, 1.807) is 0 Å². The lowest BCUT2D eigenvalue weighted by atomic mass is 10.2. The molecule has 0 aromatic rings. The first kappa shape index (κ1) is 5.08. The van der Waals surface area contributed by atoms with Crippen LogP contribution in [0, 0.1) is 5.41 Å². The number of nitrogens with one attached hydrogen (secondary N) is 1. The molecule has 0 spiro atoms. The number of carboxylic acid groups (broad SMARTS) is 1. The fourth-order valence-corrected chi connectivity index (χ4v) is 0.547. The summed E-state index contributed by atoms with van der Waals surface area (Å²) in [5.74, 6) is 0.206. The largest absolute Gasteiger partial charge is 0.465 e. The molecular formula is C4H6N2O2. The summed E-state index contributed by atoms with van der Waals surface area (Å²) in [5.41, 5.74) is 0. The number of amides is 1. The molecule has 0 aromatic carbocycles. The minimum absolute atomic E-state index is 0.206. The molecule has 0 saturated carbocycles. The number of likely N-dealkylation sites (tertiary alicyclic amines) is 1. The third kappa shape index (κ3) is 0.538. The molecule has 0 atom stereocenters. The lowest BCUT2D eigenvalue weighted by molar-refractivity contribution is 0.161. The highest BCUT2D eigenvalue weighted by Gasteiger charge is 2.25. The van der Waals surface area contributed by atoms with Gasteiger partial charge in [-0.1, -0.05) is 0 Å². The summed E-state index contributed by atoms with van der Waals surface area (Å²) in [5, 5.41) is 15.1. The summed E-state index contributed by atoms with van der Waals surface area (Å²) in [4.78, 5) is 11.0. The molecule has 0 unspecified atom stereocenters. The zero-order chi connectivity index (χ0) is 6.15. The van der Waals surface area contributed by atoms with E-state index in [-0.39, 0.29) is 5.84 Å². The van der Waals surface area contributed by atoms with E-state index in [0.29, 0.717) is 13.0 Å². The van der Waals surface area contributed by atoms with Crippen molar-refractivity contribution in [3.8, 4) is 0 Å². The van der Waals surface area contributed by atoms with Crippen LogP contribution in [0.5, 0.6) is 0 Å². The first-order valence-electron chi connectivity index (χ1n) is 2.29. The summed E-state index contributed by atoms with van der Waals surface area (Å²) in [7, 11) is 0. The Hall–Kier alpha value is -1.06. The number of nitrogens with zero attached hydrogens (tertiary/aromatic N) is 1. The second kappa shape index (κ2) is 1.47. The summed E-state index contributed by atoms with van der Waals surface area (Å²) >= 11 is 0. The molecule has 1 heterocycles. The Labute approximate surface area is 46.2 Å². The molecule has 8 heavy (non-hydrogen) atoms. The molecule has 44 valence electrons. The van der Waals surface area contributed by atoms with Crippen LogP contribution in [0.15, 0.2) is 0 Å². The summed E-state index contributed by atoms with van der Waals surface area (Å²) < 4.78 is 0. The fourth-order valence-electron chi connectivity index (χ4n) is 0.547. The Morgan fingerprint density at radius 3 is 2.50 bits per heavy atom. The molecule has 4 heteroatoms. The first-order valence-corrected chi connectivity index (χ1v) is 2.29. The Balaban J connectivity index is 2.49. The van der Waals surface area contributed by atoms with E-state index < -0.39 is 6.09 Å². The van der Waals surface area contributed by atoms with Crippen LogP contribution < -0.4 is 0 Å². The number of hydrogen-bond acceptors (Lipinski definition) is 2. The quantitative estimate of drug-likeness (QED) is 0.477. The first-order chi connectivity index (χ1) is 3.72. The van der Waals surface area contributed by atoms with Crippen molar-refractivity contribution in [2.45, 2.75) is 6.42 Å². The maximum atomic E-state index is 9.98. The van der Waals surface area contributed by atoms with Gasteiger partial charge < -0.3 is 5.11 Å². The number of carbonyl (C=O) groups is 1. The van der Waals surface area contributed by atoms with Crippen LogP contribution in [0.3, 0.4) is 0 Å². The Morgan fingerprint density at radius 2 is 2.50 bits per heavy atom. The van der Waals surface area contributed by atoms with E-state index in [2.05, 4.69) is 0 Å². The SMILES string of the molecule is N=C1CCN1C(=O)O. The lowest BCUT2D eigenvalue weighted by Gasteiger charge is -2.27. The summed E-state index contributed by atoms with van der Waals surface area (Å²) in [6.45, 7) is 0.494. The van der Waals surface area contributed by atoms with E-state index in [1.807, 2.05) is 0 Å². The molecule has 4 nitrogen and oxygen atoms in total. The van der Waals surface area contributed by atoms with Crippen molar-refractivity contribution >= 4 is 11.9 Å². The van der Waals surface area contributed by atoms with E-state index in [4.69, 9.17) is 10.5 Å². The fraction of sp³-hybridized carbons (Fsp3) is 0.500. The lowest BCUT2D eigenvalue weighted by Crippen LogP contribution is -2.46. The van der Waals surface area contributed by atoms with Gasteiger partial charge in [-0.3, -0.25) is 10.3 Å². The monoisotopic (exact) mass is 114 g/mol. The maximum Gasteiger partial charge on any atom is 0.412 e. The van der Waals surface area contributed by atoms with Crippen molar-refractivity contribution < 1.29 is 9.90 Å². The molecule has 0 aliphatic carbocycles. The van der Waals surface area contributed by atoms with Gasteiger partial charge in [0.25, 0.3) is 0 Å². The van der Waals surface area contributed by atoms with Crippen LogP contribution in [0.2, 0.25) is 0 Å². The van der Waals surface area contributed by atoms with Gasteiger partial charge in [0.1, 0.15) is 5.84 Å². The predicted molar refractivity (Wildman–Crippen MR) is 27.1 cm³/mol. The highest BCUT2D eigenvalue weighted by atomic mass is 16.4. The van der Waals surface area contributed by atoms with Crippen molar-refractivity contribution in [3.63, 3.8) is 0 Å². The minimum Gasteiger partial charge on any atom is -0.465 e. The second-order valence-electron chi connectivity index (χ2n) is 1.63. The van der Waals surface area contributed by atoms with Gasteiger partial charge in [0.05, 0.1) is 0 Å². The molecule has 1 fully saturated rings. The Bertz CT molecular complexity index is 135. The van der Waals surface area contributed by atoms with E-state index in [0.717, 1.165) is 4.90 Å². The molecule has 1 aliphatic rings. The van der Waals surface area contributed by atoms with Crippen molar-refractivity contribution in [1.82, 2.24) is 4.90 Å². The molecule has 0 aromatic heterocycles. The van der Waals surface area contributed by atoms with Gasteiger partial charge >= 0.3 is 6.09 Å².